The Labute approximate surface area is 178 Å². The van der Waals surface area contributed by atoms with E-state index in [1.807, 2.05) is 22.9 Å². The van der Waals surface area contributed by atoms with Crippen molar-refractivity contribution < 1.29 is 14.0 Å². The van der Waals surface area contributed by atoms with Crippen LogP contribution in [0.5, 0.6) is 11.6 Å². The number of fused-ring (bicyclic) bond motifs is 1. The Kier molecular flexibility index (Phi) is 5.99. The lowest BCUT2D eigenvalue weighted by Crippen LogP contribution is -2.43. The standard InChI is InChI=1S/C18H22ClN3O3S2Si/c1-18(2,3)28(4,5)25-12-10-27-14-13(12)21-16(19)22-15(14)24-17(23)20-9-11-7-6-8-26-11/h6-8,10H,9H2,1-5H3,(H,20,23). The van der Waals surface area contributed by atoms with Gasteiger partial charge < -0.3 is 14.5 Å². The molecule has 150 valence electrons. The summed E-state index contributed by atoms with van der Waals surface area (Å²) in [7, 11) is -2.05. The van der Waals surface area contributed by atoms with Gasteiger partial charge in [-0.1, -0.05) is 26.8 Å². The van der Waals surface area contributed by atoms with Crippen LogP contribution in [0.3, 0.4) is 0 Å². The molecule has 0 fully saturated rings. The van der Waals surface area contributed by atoms with E-state index >= 15 is 0 Å². The second-order valence-corrected chi connectivity index (χ2v) is 14.7. The van der Waals surface area contributed by atoms with Gasteiger partial charge in [0.25, 0.3) is 8.32 Å². The Morgan fingerprint density at radius 2 is 2.04 bits per heavy atom. The third-order valence-corrected chi connectivity index (χ3v) is 11.0. The zero-order valence-electron chi connectivity index (χ0n) is 16.3. The average molecular weight is 456 g/mol. The molecule has 3 aromatic heterocycles. The zero-order valence-corrected chi connectivity index (χ0v) is 19.7. The van der Waals surface area contributed by atoms with Crippen LogP contribution in [0, 0.1) is 0 Å². The van der Waals surface area contributed by atoms with Gasteiger partial charge in [-0.25, -0.2) is 9.78 Å². The van der Waals surface area contributed by atoms with Gasteiger partial charge in [0.05, 0.1) is 6.54 Å². The molecule has 0 bridgehead atoms. The first-order valence-electron chi connectivity index (χ1n) is 8.68. The number of amides is 1. The lowest BCUT2D eigenvalue weighted by Gasteiger charge is -2.36. The van der Waals surface area contributed by atoms with E-state index in [1.165, 1.54) is 11.3 Å². The van der Waals surface area contributed by atoms with E-state index in [2.05, 4.69) is 49.1 Å². The number of carbonyl (C=O) groups excluding carboxylic acids is 1. The van der Waals surface area contributed by atoms with Crippen molar-refractivity contribution in [3.63, 3.8) is 0 Å². The van der Waals surface area contributed by atoms with Crippen molar-refractivity contribution in [1.29, 1.82) is 0 Å². The highest BCUT2D eigenvalue weighted by molar-refractivity contribution is 7.18. The molecule has 0 saturated heterocycles. The first-order chi connectivity index (χ1) is 13.1. The van der Waals surface area contributed by atoms with E-state index in [0.29, 0.717) is 22.5 Å². The number of aromatic nitrogens is 2. The lowest BCUT2D eigenvalue weighted by molar-refractivity contribution is 0.199. The lowest BCUT2D eigenvalue weighted by atomic mass is 10.2. The van der Waals surface area contributed by atoms with Crippen molar-refractivity contribution >= 4 is 58.9 Å². The highest BCUT2D eigenvalue weighted by atomic mass is 35.5. The molecular weight excluding hydrogens is 434 g/mol. The maximum atomic E-state index is 12.2. The summed E-state index contributed by atoms with van der Waals surface area (Å²) in [5.74, 6) is 0.786. The number of nitrogens with one attached hydrogen (secondary N) is 1. The molecule has 3 aromatic rings. The van der Waals surface area contributed by atoms with Gasteiger partial charge in [0.15, 0.2) is 0 Å². The van der Waals surface area contributed by atoms with Crippen LogP contribution in [0.1, 0.15) is 25.6 Å². The Morgan fingerprint density at radius 1 is 1.29 bits per heavy atom. The monoisotopic (exact) mass is 455 g/mol. The minimum absolute atomic E-state index is 0.00652. The quantitative estimate of drug-likeness (QED) is 0.372. The highest BCUT2D eigenvalue weighted by Gasteiger charge is 2.39. The van der Waals surface area contributed by atoms with Gasteiger partial charge in [0.1, 0.15) is 16.0 Å². The number of carbonyl (C=O) groups is 1. The molecule has 0 unspecified atom stereocenters. The maximum Gasteiger partial charge on any atom is 0.414 e. The molecule has 0 spiro atoms. The number of hydrogen-bond acceptors (Lipinski definition) is 7. The number of ether oxygens (including phenoxy) is 1. The largest absolute Gasteiger partial charge is 0.541 e. The predicted molar refractivity (Wildman–Crippen MR) is 117 cm³/mol. The normalized spacial score (nSPS) is 12.2. The minimum Gasteiger partial charge on any atom is -0.541 e. The number of rotatable bonds is 5. The van der Waals surface area contributed by atoms with Crippen LogP contribution < -0.4 is 14.5 Å². The molecule has 10 heteroatoms. The van der Waals surface area contributed by atoms with Crippen molar-refractivity contribution in [3.05, 3.63) is 33.1 Å². The summed E-state index contributed by atoms with van der Waals surface area (Å²) in [5, 5.41) is 6.57. The Balaban J connectivity index is 1.82. The molecule has 0 aliphatic rings. The molecule has 0 aliphatic carbocycles. The molecular formula is C18H22ClN3O3S2Si. The Hall–Kier alpha value is -1.68. The summed E-state index contributed by atoms with van der Waals surface area (Å²) < 4.78 is 12.4. The molecule has 0 atom stereocenters. The highest BCUT2D eigenvalue weighted by Crippen LogP contribution is 2.42. The van der Waals surface area contributed by atoms with Crippen LogP contribution in [0.4, 0.5) is 4.79 Å². The minimum atomic E-state index is -2.05. The maximum absolute atomic E-state index is 12.2. The Bertz CT molecular complexity index is 984. The number of halogens is 1. The molecule has 1 N–H and O–H groups in total. The van der Waals surface area contributed by atoms with Crippen molar-refractivity contribution in [2.45, 2.75) is 45.4 Å². The predicted octanol–water partition coefficient (Wildman–Crippen LogP) is 6.08. The van der Waals surface area contributed by atoms with Crippen molar-refractivity contribution in [2.24, 2.45) is 0 Å². The summed E-state index contributed by atoms with van der Waals surface area (Å²) in [6, 6.07) is 3.87. The van der Waals surface area contributed by atoms with E-state index < -0.39 is 14.4 Å². The second kappa shape index (κ2) is 7.98. The summed E-state index contributed by atoms with van der Waals surface area (Å²) in [5.41, 5.74) is 0.566. The zero-order chi connectivity index (χ0) is 20.5. The van der Waals surface area contributed by atoms with E-state index in [1.54, 1.807) is 11.3 Å². The van der Waals surface area contributed by atoms with Gasteiger partial charge >= 0.3 is 6.09 Å². The molecule has 1 amide bonds. The summed E-state index contributed by atoms with van der Waals surface area (Å²) >= 11 is 9.01. The van der Waals surface area contributed by atoms with Crippen LogP contribution in [-0.4, -0.2) is 24.4 Å². The van der Waals surface area contributed by atoms with Crippen LogP contribution in [-0.2, 0) is 6.54 Å². The topological polar surface area (TPSA) is 73.3 Å². The molecule has 3 rings (SSSR count). The van der Waals surface area contributed by atoms with E-state index in [-0.39, 0.29) is 16.2 Å². The van der Waals surface area contributed by atoms with Crippen LogP contribution in [0.2, 0.25) is 23.4 Å². The van der Waals surface area contributed by atoms with Crippen molar-refractivity contribution in [3.8, 4) is 11.6 Å². The smallest absolute Gasteiger partial charge is 0.414 e. The first kappa shape index (κ1) is 21.0. The van der Waals surface area contributed by atoms with Crippen molar-refractivity contribution in [2.75, 3.05) is 0 Å². The first-order valence-corrected chi connectivity index (χ1v) is 13.7. The van der Waals surface area contributed by atoms with Crippen LogP contribution in [0.15, 0.2) is 22.9 Å². The Morgan fingerprint density at radius 3 is 2.68 bits per heavy atom. The van der Waals surface area contributed by atoms with Crippen LogP contribution in [0.25, 0.3) is 10.2 Å². The molecule has 28 heavy (non-hydrogen) atoms. The summed E-state index contributed by atoms with van der Waals surface area (Å²) in [6.45, 7) is 11.2. The van der Waals surface area contributed by atoms with E-state index in [4.69, 9.17) is 20.8 Å². The molecule has 0 radical (unpaired) electrons. The summed E-state index contributed by atoms with van der Waals surface area (Å²) in [4.78, 5) is 21.6. The second-order valence-electron chi connectivity index (χ2n) is 7.76. The van der Waals surface area contributed by atoms with E-state index in [0.717, 1.165) is 4.88 Å². The number of hydrogen-bond donors (Lipinski definition) is 1. The summed E-state index contributed by atoms with van der Waals surface area (Å²) in [6.07, 6.45) is -0.593. The third kappa shape index (κ3) is 4.65. The fraction of sp³-hybridized carbons (Fsp3) is 0.389. The van der Waals surface area contributed by atoms with E-state index in [9.17, 15) is 4.79 Å². The molecule has 0 aliphatic heterocycles. The van der Waals surface area contributed by atoms with Crippen molar-refractivity contribution in [1.82, 2.24) is 15.3 Å². The fourth-order valence-electron chi connectivity index (χ4n) is 2.11. The fourth-order valence-corrected chi connectivity index (χ4v) is 4.84. The molecule has 6 nitrogen and oxygen atoms in total. The molecule has 3 heterocycles. The van der Waals surface area contributed by atoms with Crippen LogP contribution >= 0.6 is 34.3 Å². The SMILES string of the molecule is CC(C)(C)[Si](C)(C)Oc1csc2c(OC(=O)NCc3cccs3)nc(Cl)nc12. The number of thiophene rings is 2. The van der Waals surface area contributed by atoms with Gasteiger partial charge in [-0.3, -0.25) is 0 Å². The van der Waals surface area contributed by atoms with Gasteiger partial charge in [0.2, 0.25) is 11.2 Å². The molecule has 0 aromatic carbocycles. The van der Waals surface area contributed by atoms with Gasteiger partial charge in [-0.05, 0) is 41.2 Å². The van der Waals surface area contributed by atoms with Gasteiger partial charge in [0, 0.05) is 10.3 Å². The van der Waals surface area contributed by atoms with Gasteiger partial charge in [-0.2, -0.15) is 4.98 Å². The number of nitrogens with zero attached hydrogens (tertiary/aromatic N) is 2. The molecule has 0 saturated carbocycles. The van der Waals surface area contributed by atoms with Gasteiger partial charge in [-0.15, -0.1) is 22.7 Å². The average Bonchev–Trinajstić information content (AvgIpc) is 3.22. The third-order valence-electron chi connectivity index (χ3n) is 4.67.